The molecule has 2 aromatic rings. The molecule has 1 N–H and O–H groups in total. The number of carbonyl (C=O) groups is 2. The molecule has 0 aliphatic rings. The van der Waals surface area contributed by atoms with Crippen LogP contribution in [-0.4, -0.2) is 36.4 Å². The van der Waals surface area contributed by atoms with Crippen LogP contribution in [0.15, 0.2) is 48.5 Å². The lowest BCUT2D eigenvalue weighted by molar-refractivity contribution is -0.136. The molecule has 0 fully saturated rings. The largest absolute Gasteiger partial charge is 0.484 e. The Morgan fingerprint density at radius 3 is 2.62 bits per heavy atom. The zero-order valence-corrected chi connectivity index (χ0v) is 15.0. The van der Waals surface area contributed by atoms with E-state index in [1.807, 2.05) is 38.1 Å². The summed E-state index contributed by atoms with van der Waals surface area (Å²) >= 11 is 0. The molecule has 2 rings (SSSR count). The van der Waals surface area contributed by atoms with Gasteiger partial charge < -0.3 is 15.0 Å². The molecule has 0 unspecified atom stereocenters. The average molecular weight is 358 g/mol. The van der Waals surface area contributed by atoms with Gasteiger partial charge in [-0.25, -0.2) is 4.39 Å². The van der Waals surface area contributed by atoms with Crippen LogP contribution >= 0.6 is 0 Å². The van der Waals surface area contributed by atoms with Crippen LogP contribution in [0.1, 0.15) is 18.9 Å². The van der Waals surface area contributed by atoms with Crippen LogP contribution < -0.4 is 10.1 Å². The first-order chi connectivity index (χ1) is 12.5. The molecule has 0 atom stereocenters. The normalized spacial score (nSPS) is 10.3. The highest BCUT2D eigenvalue weighted by Gasteiger charge is 2.17. The van der Waals surface area contributed by atoms with Crippen LogP contribution in [0.3, 0.4) is 0 Å². The van der Waals surface area contributed by atoms with E-state index in [4.69, 9.17) is 4.74 Å². The minimum absolute atomic E-state index is 0.0620. The molecule has 5 nitrogen and oxygen atoms in total. The number of aryl methyl sites for hydroxylation is 1. The minimum atomic E-state index is -0.432. The number of nitrogens with one attached hydrogen (secondary N) is 1. The van der Waals surface area contributed by atoms with E-state index in [9.17, 15) is 14.0 Å². The van der Waals surface area contributed by atoms with E-state index in [2.05, 4.69) is 5.32 Å². The van der Waals surface area contributed by atoms with Crippen molar-refractivity contribution in [3.05, 3.63) is 59.9 Å². The molecule has 0 saturated heterocycles. The Morgan fingerprint density at radius 2 is 1.92 bits per heavy atom. The summed E-state index contributed by atoms with van der Waals surface area (Å²) in [4.78, 5) is 26.1. The second-order valence-electron chi connectivity index (χ2n) is 5.92. The Labute approximate surface area is 152 Å². The number of amides is 2. The minimum Gasteiger partial charge on any atom is -0.484 e. The third kappa shape index (κ3) is 5.88. The molecule has 0 aromatic heterocycles. The first-order valence-corrected chi connectivity index (χ1v) is 8.51. The standard InChI is InChI=1S/C20H23FN2O3/c1-3-11-23(13-19(24)22-18-10-5-4-7-15(18)2)20(25)14-26-17-9-6-8-16(21)12-17/h4-10,12H,3,11,13-14H2,1-2H3,(H,22,24). The van der Waals surface area contributed by atoms with Crippen LogP contribution in [-0.2, 0) is 9.59 Å². The molecule has 0 bridgehead atoms. The van der Waals surface area contributed by atoms with Crippen molar-refractivity contribution in [3.8, 4) is 5.75 Å². The van der Waals surface area contributed by atoms with Crippen LogP contribution in [0, 0.1) is 12.7 Å². The van der Waals surface area contributed by atoms with Gasteiger partial charge in [-0.1, -0.05) is 31.2 Å². The number of halogens is 1. The van der Waals surface area contributed by atoms with Gasteiger partial charge in [0.1, 0.15) is 11.6 Å². The van der Waals surface area contributed by atoms with Gasteiger partial charge in [-0.3, -0.25) is 9.59 Å². The Bertz CT molecular complexity index is 764. The van der Waals surface area contributed by atoms with Gasteiger partial charge in [0, 0.05) is 18.3 Å². The predicted octanol–water partition coefficient (Wildman–Crippen LogP) is 3.39. The molecule has 0 spiro atoms. The fourth-order valence-corrected chi connectivity index (χ4v) is 2.43. The number of ether oxygens (including phenoxy) is 1. The number of hydrogen-bond acceptors (Lipinski definition) is 3. The van der Waals surface area contributed by atoms with Crippen molar-refractivity contribution < 1.29 is 18.7 Å². The fourth-order valence-electron chi connectivity index (χ4n) is 2.43. The molecular weight excluding hydrogens is 335 g/mol. The van der Waals surface area contributed by atoms with E-state index in [0.29, 0.717) is 13.0 Å². The molecule has 2 amide bonds. The smallest absolute Gasteiger partial charge is 0.260 e. The zero-order valence-electron chi connectivity index (χ0n) is 15.0. The summed E-state index contributed by atoms with van der Waals surface area (Å²) in [5.74, 6) is -0.750. The number of rotatable bonds is 8. The van der Waals surface area contributed by atoms with E-state index >= 15 is 0 Å². The Balaban J connectivity index is 1.93. The van der Waals surface area contributed by atoms with E-state index in [0.717, 1.165) is 11.3 Å². The van der Waals surface area contributed by atoms with Crippen molar-refractivity contribution >= 4 is 17.5 Å². The number of benzene rings is 2. The second-order valence-corrected chi connectivity index (χ2v) is 5.92. The summed E-state index contributed by atoms with van der Waals surface area (Å²) in [6, 6.07) is 13.0. The monoisotopic (exact) mass is 358 g/mol. The molecule has 0 saturated carbocycles. The van der Waals surface area contributed by atoms with Crippen molar-refractivity contribution in [1.29, 1.82) is 0 Å². The maximum absolute atomic E-state index is 13.2. The molecule has 138 valence electrons. The van der Waals surface area contributed by atoms with Gasteiger partial charge >= 0.3 is 0 Å². The average Bonchev–Trinajstić information content (AvgIpc) is 2.61. The molecule has 6 heteroatoms. The van der Waals surface area contributed by atoms with Gasteiger partial charge in [0.05, 0.1) is 6.54 Å². The highest BCUT2D eigenvalue weighted by molar-refractivity contribution is 5.95. The maximum Gasteiger partial charge on any atom is 0.260 e. The van der Waals surface area contributed by atoms with Crippen LogP contribution in [0.5, 0.6) is 5.75 Å². The molecule has 0 radical (unpaired) electrons. The number of nitrogens with zero attached hydrogens (tertiary/aromatic N) is 1. The summed E-state index contributed by atoms with van der Waals surface area (Å²) in [6.07, 6.45) is 0.712. The van der Waals surface area contributed by atoms with Crippen molar-refractivity contribution in [2.24, 2.45) is 0 Å². The maximum atomic E-state index is 13.2. The second kappa shape index (κ2) is 9.56. The third-order valence-corrected chi connectivity index (χ3v) is 3.76. The SMILES string of the molecule is CCCN(CC(=O)Nc1ccccc1C)C(=O)COc1cccc(F)c1. The molecule has 0 aliphatic heterocycles. The molecular formula is C20H23FN2O3. The summed E-state index contributed by atoms with van der Waals surface area (Å²) in [5.41, 5.74) is 1.67. The van der Waals surface area contributed by atoms with Crippen molar-refractivity contribution in [2.75, 3.05) is 25.0 Å². The number of hydrogen-bond donors (Lipinski definition) is 1. The van der Waals surface area contributed by atoms with Crippen molar-refractivity contribution in [2.45, 2.75) is 20.3 Å². The van der Waals surface area contributed by atoms with Crippen molar-refractivity contribution in [3.63, 3.8) is 0 Å². The van der Waals surface area contributed by atoms with Crippen LogP contribution in [0.25, 0.3) is 0 Å². The topological polar surface area (TPSA) is 58.6 Å². The third-order valence-electron chi connectivity index (χ3n) is 3.76. The van der Waals surface area contributed by atoms with E-state index in [1.54, 1.807) is 6.07 Å². The van der Waals surface area contributed by atoms with Gasteiger partial charge in [0.2, 0.25) is 5.91 Å². The lowest BCUT2D eigenvalue weighted by Crippen LogP contribution is -2.41. The predicted molar refractivity (Wildman–Crippen MR) is 98.6 cm³/mol. The summed E-state index contributed by atoms with van der Waals surface area (Å²) < 4.78 is 18.5. The first kappa shape index (κ1) is 19.4. The lowest BCUT2D eigenvalue weighted by Gasteiger charge is -2.22. The molecule has 2 aromatic carbocycles. The Morgan fingerprint density at radius 1 is 1.15 bits per heavy atom. The van der Waals surface area contributed by atoms with Crippen molar-refractivity contribution in [1.82, 2.24) is 4.90 Å². The fraction of sp³-hybridized carbons (Fsp3) is 0.300. The van der Waals surface area contributed by atoms with E-state index in [1.165, 1.54) is 23.1 Å². The van der Waals surface area contributed by atoms with Gasteiger partial charge in [0.25, 0.3) is 5.91 Å². The highest BCUT2D eigenvalue weighted by atomic mass is 19.1. The Hall–Kier alpha value is -2.89. The summed E-state index contributed by atoms with van der Waals surface area (Å²) in [7, 11) is 0. The van der Waals surface area contributed by atoms with E-state index in [-0.39, 0.29) is 30.7 Å². The van der Waals surface area contributed by atoms with Crippen LogP contribution in [0.2, 0.25) is 0 Å². The summed E-state index contributed by atoms with van der Waals surface area (Å²) in [5, 5.41) is 2.81. The molecule has 0 heterocycles. The van der Waals surface area contributed by atoms with Gasteiger partial charge in [-0.15, -0.1) is 0 Å². The number of anilines is 1. The lowest BCUT2D eigenvalue weighted by atomic mass is 10.2. The number of para-hydroxylation sites is 1. The quantitative estimate of drug-likeness (QED) is 0.787. The van der Waals surface area contributed by atoms with Gasteiger partial charge in [-0.2, -0.15) is 0 Å². The highest BCUT2D eigenvalue weighted by Crippen LogP contribution is 2.14. The van der Waals surface area contributed by atoms with Gasteiger partial charge in [-0.05, 0) is 37.1 Å². The van der Waals surface area contributed by atoms with Crippen LogP contribution in [0.4, 0.5) is 10.1 Å². The molecule has 26 heavy (non-hydrogen) atoms. The summed E-state index contributed by atoms with van der Waals surface area (Å²) in [6.45, 7) is 3.95. The van der Waals surface area contributed by atoms with E-state index < -0.39 is 5.82 Å². The molecule has 0 aliphatic carbocycles. The number of carbonyl (C=O) groups excluding carboxylic acids is 2. The first-order valence-electron chi connectivity index (χ1n) is 8.51. The zero-order chi connectivity index (χ0) is 18.9. The van der Waals surface area contributed by atoms with Gasteiger partial charge in [0.15, 0.2) is 6.61 Å². The Kier molecular flexibility index (Phi) is 7.14.